The summed E-state index contributed by atoms with van der Waals surface area (Å²) >= 11 is 1.58. The number of likely N-dealkylation sites (tertiary alicyclic amines) is 1. The summed E-state index contributed by atoms with van der Waals surface area (Å²) in [4.78, 5) is 14.9. The van der Waals surface area contributed by atoms with Gasteiger partial charge < -0.3 is 4.90 Å². The Kier molecular flexibility index (Phi) is 4.73. The van der Waals surface area contributed by atoms with Gasteiger partial charge in [-0.1, -0.05) is 12.1 Å². The van der Waals surface area contributed by atoms with Crippen molar-refractivity contribution in [2.75, 3.05) is 18.6 Å². The van der Waals surface area contributed by atoms with Crippen LogP contribution in [0.15, 0.2) is 29.6 Å². The molecule has 124 valence electrons. The standard InChI is InChI=1S/C17H21NO3S2/c1-23(20,21)12-9-14-6-2-3-10-18(14)17(19)15-7-4-5-13-8-11-22-16(13)15/h4-5,7-8,11,14H,2-3,6,9-10,12H2,1H3. The average Bonchev–Trinajstić information content (AvgIpc) is 3.00. The van der Waals surface area contributed by atoms with Gasteiger partial charge in [-0.05, 0) is 48.6 Å². The van der Waals surface area contributed by atoms with Crippen LogP contribution in [-0.4, -0.2) is 43.8 Å². The van der Waals surface area contributed by atoms with Crippen molar-refractivity contribution < 1.29 is 13.2 Å². The van der Waals surface area contributed by atoms with Gasteiger partial charge in [-0.15, -0.1) is 11.3 Å². The van der Waals surface area contributed by atoms with Crippen LogP contribution in [0.3, 0.4) is 0 Å². The van der Waals surface area contributed by atoms with Crippen molar-refractivity contribution in [1.29, 1.82) is 0 Å². The minimum absolute atomic E-state index is 0.0289. The predicted molar refractivity (Wildman–Crippen MR) is 94.8 cm³/mol. The van der Waals surface area contributed by atoms with E-state index in [0.29, 0.717) is 6.42 Å². The number of carbonyl (C=O) groups is 1. The van der Waals surface area contributed by atoms with Crippen molar-refractivity contribution in [3.8, 4) is 0 Å². The third kappa shape index (κ3) is 3.75. The molecule has 1 amide bonds. The van der Waals surface area contributed by atoms with E-state index >= 15 is 0 Å². The normalized spacial score (nSPS) is 19.2. The van der Waals surface area contributed by atoms with Gasteiger partial charge in [0, 0.05) is 23.5 Å². The molecule has 0 spiro atoms. The maximum atomic E-state index is 13.0. The average molecular weight is 351 g/mol. The molecule has 0 N–H and O–H groups in total. The molecule has 1 saturated heterocycles. The second-order valence-corrected chi connectivity index (χ2v) is 9.39. The third-order valence-corrected chi connectivity index (χ3v) is 6.36. The van der Waals surface area contributed by atoms with E-state index in [2.05, 4.69) is 0 Å². The molecule has 0 radical (unpaired) electrons. The van der Waals surface area contributed by atoms with Crippen LogP contribution in [0.5, 0.6) is 0 Å². The lowest BCUT2D eigenvalue weighted by Crippen LogP contribution is -2.44. The van der Waals surface area contributed by atoms with Crippen LogP contribution >= 0.6 is 11.3 Å². The molecule has 0 bridgehead atoms. The Bertz CT molecular complexity index is 810. The van der Waals surface area contributed by atoms with E-state index < -0.39 is 9.84 Å². The summed E-state index contributed by atoms with van der Waals surface area (Å²) in [6.45, 7) is 0.717. The molecule has 2 aromatic rings. The van der Waals surface area contributed by atoms with Gasteiger partial charge in [-0.25, -0.2) is 8.42 Å². The fourth-order valence-electron chi connectivity index (χ4n) is 3.23. The molecular weight excluding hydrogens is 330 g/mol. The number of piperidine rings is 1. The summed E-state index contributed by atoms with van der Waals surface area (Å²) in [6.07, 6.45) is 4.73. The lowest BCUT2D eigenvalue weighted by molar-refractivity contribution is 0.0611. The first-order valence-electron chi connectivity index (χ1n) is 7.90. The highest BCUT2D eigenvalue weighted by Gasteiger charge is 2.29. The molecule has 1 aromatic heterocycles. The van der Waals surface area contributed by atoms with E-state index in [1.54, 1.807) is 11.3 Å². The van der Waals surface area contributed by atoms with Crippen molar-refractivity contribution in [3.05, 3.63) is 35.2 Å². The largest absolute Gasteiger partial charge is 0.336 e. The summed E-state index contributed by atoms with van der Waals surface area (Å²) in [5, 5.41) is 3.09. The van der Waals surface area contributed by atoms with Crippen LogP contribution in [0, 0.1) is 0 Å². The van der Waals surface area contributed by atoms with Crippen molar-refractivity contribution in [3.63, 3.8) is 0 Å². The van der Waals surface area contributed by atoms with Crippen LogP contribution < -0.4 is 0 Å². The Morgan fingerprint density at radius 3 is 2.91 bits per heavy atom. The van der Waals surface area contributed by atoms with E-state index in [1.165, 1.54) is 6.26 Å². The second-order valence-electron chi connectivity index (χ2n) is 6.21. The smallest absolute Gasteiger partial charge is 0.255 e. The zero-order valence-electron chi connectivity index (χ0n) is 13.2. The number of hydrogen-bond donors (Lipinski definition) is 0. The first-order chi connectivity index (χ1) is 11.0. The van der Waals surface area contributed by atoms with E-state index in [0.717, 1.165) is 41.5 Å². The summed E-state index contributed by atoms with van der Waals surface area (Å²) in [6, 6.07) is 7.86. The highest BCUT2D eigenvalue weighted by atomic mass is 32.2. The molecule has 1 aliphatic rings. The zero-order valence-corrected chi connectivity index (χ0v) is 14.8. The van der Waals surface area contributed by atoms with Crippen molar-refractivity contribution in [1.82, 2.24) is 4.90 Å². The third-order valence-electron chi connectivity index (χ3n) is 4.42. The molecule has 0 saturated carbocycles. The summed E-state index contributed by atoms with van der Waals surface area (Å²) in [5.41, 5.74) is 0.740. The summed E-state index contributed by atoms with van der Waals surface area (Å²) < 4.78 is 23.9. The molecule has 1 atom stereocenters. The zero-order chi connectivity index (χ0) is 16.4. The Balaban J connectivity index is 1.85. The number of carbonyl (C=O) groups excluding carboxylic acids is 1. The van der Waals surface area contributed by atoms with Crippen LogP contribution in [0.2, 0.25) is 0 Å². The Morgan fingerprint density at radius 2 is 2.13 bits per heavy atom. The van der Waals surface area contributed by atoms with E-state index in [9.17, 15) is 13.2 Å². The fourth-order valence-corrected chi connectivity index (χ4v) is 4.84. The number of fused-ring (bicyclic) bond motifs is 1. The highest BCUT2D eigenvalue weighted by Crippen LogP contribution is 2.28. The van der Waals surface area contributed by atoms with Gasteiger partial charge in [0.15, 0.2) is 0 Å². The van der Waals surface area contributed by atoms with Gasteiger partial charge in [0.25, 0.3) is 5.91 Å². The quantitative estimate of drug-likeness (QED) is 0.849. The number of hydrogen-bond acceptors (Lipinski definition) is 4. The van der Waals surface area contributed by atoms with Gasteiger partial charge in [0.2, 0.25) is 0 Å². The lowest BCUT2D eigenvalue weighted by atomic mass is 9.98. The molecule has 0 aliphatic carbocycles. The Labute approximate surface area is 141 Å². The number of benzene rings is 1. The SMILES string of the molecule is CS(=O)(=O)CCC1CCCCN1C(=O)c1cccc2ccsc12. The molecule has 1 aromatic carbocycles. The summed E-state index contributed by atoms with van der Waals surface area (Å²) in [5.74, 6) is 0.182. The first kappa shape index (κ1) is 16.5. The maximum Gasteiger partial charge on any atom is 0.255 e. The van der Waals surface area contributed by atoms with Gasteiger partial charge in [0.05, 0.1) is 11.3 Å². The molecule has 4 nitrogen and oxygen atoms in total. The number of thiophene rings is 1. The highest BCUT2D eigenvalue weighted by molar-refractivity contribution is 7.90. The number of amides is 1. The van der Waals surface area contributed by atoms with Crippen molar-refractivity contribution in [2.24, 2.45) is 0 Å². The first-order valence-corrected chi connectivity index (χ1v) is 10.8. The van der Waals surface area contributed by atoms with Crippen LogP contribution in [0.1, 0.15) is 36.0 Å². The molecule has 23 heavy (non-hydrogen) atoms. The predicted octanol–water partition coefficient (Wildman–Crippen LogP) is 3.33. The van der Waals surface area contributed by atoms with Gasteiger partial charge >= 0.3 is 0 Å². The Morgan fingerprint density at radius 1 is 1.30 bits per heavy atom. The van der Waals surface area contributed by atoms with Gasteiger partial charge in [0.1, 0.15) is 9.84 Å². The van der Waals surface area contributed by atoms with E-state index in [1.807, 2.05) is 34.5 Å². The molecule has 1 fully saturated rings. The van der Waals surface area contributed by atoms with E-state index in [-0.39, 0.29) is 17.7 Å². The molecule has 2 heterocycles. The molecule has 6 heteroatoms. The molecule has 1 aliphatic heterocycles. The van der Waals surface area contributed by atoms with Gasteiger partial charge in [-0.3, -0.25) is 4.79 Å². The Hall–Kier alpha value is -1.40. The van der Waals surface area contributed by atoms with E-state index in [4.69, 9.17) is 0 Å². The molecule has 3 rings (SSSR count). The van der Waals surface area contributed by atoms with Crippen molar-refractivity contribution in [2.45, 2.75) is 31.7 Å². The van der Waals surface area contributed by atoms with Crippen LogP contribution in [-0.2, 0) is 9.84 Å². The second kappa shape index (κ2) is 6.61. The lowest BCUT2D eigenvalue weighted by Gasteiger charge is -2.36. The molecular formula is C17H21NO3S2. The maximum absolute atomic E-state index is 13.0. The molecule has 1 unspecified atom stereocenters. The van der Waals surface area contributed by atoms with Crippen molar-refractivity contribution >= 4 is 37.2 Å². The summed E-state index contributed by atoms with van der Waals surface area (Å²) in [7, 11) is -3.00. The number of rotatable bonds is 4. The number of sulfone groups is 1. The fraction of sp³-hybridized carbons (Fsp3) is 0.471. The monoisotopic (exact) mass is 351 g/mol. The minimum atomic E-state index is -3.00. The topological polar surface area (TPSA) is 54.5 Å². The van der Waals surface area contributed by atoms with Gasteiger partial charge in [-0.2, -0.15) is 0 Å². The number of nitrogens with zero attached hydrogens (tertiary/aromatic N) is 1. The van der Waals surface area contributed by atoms with Crippen LogP contribution in [0.25, 0.3) is 10.1 Å². The minimum Gasteiger partial charge on any atom is -0.336 e. The van der Waals surface area contributed by atoms with Crippen LogP contribution in [0.4, 0.5) is 0 Å².